The van der Waals surface area contributed by atoms with Crippen LogP contribution in [0.2, 0.25) is 0 Å². The number of thiocarbonyl (C=S) groups is 1. The first-order valence-corrected chi connectivity index (χ1v) is 6.93. The number of nitrogens with two attached hydrogens (primary N) is 1. The average molecular weight is 313 g/mol. The van der Waals surface area contributed by atoms with Gasteiger partial charge in [0.25, 0.3) is 0 Å². The standard InChI is InChI=1S/C16H15N3O2S/c1-11-5-7-13(8-6-11)15(20)21-14-4-2-3-12(9-14)10-18-19-16(17)22/h2-10H,1H3,(H3,17,19,22)/b18-10+. The van der Waals surface area contributed by atoms with E-state index < -0.39 is 5.97 Å². The third-order valence-electron chi connectivity index (χ3n) is 2.74. The molecule has 0 aliphatic heterocycles. The number of hydrazone groups is 1. The number of nitrogens with zero attached hydrogens (tertiary/aromatic N) is 1. The molecule has 22 heavy (non-hydrogen) atoms. The van der Waals surface area contributed by atoms with E-state index in [2.05, 4.69) is 22.7 Å². The zero-order chi connectivity index (χ0) is 15.9. The number of nitrogens with one attached hydrogen (secondary N) is 1. The fourth-order valence-electron chi connectivity index (χ4n) is 1.68. The quantitative estimate of drug-likeness (QED) is 0.298. The van der Waals surface area contributed by atoms with Crippen LogP contribution in [-0.4, -0.2) is 17.3 Å². The van der Waals surface area contributed by atoms with Gasteiger partial charge in [-0.25, -0.2) is 4.79 Å². The van der Waals surface area contributed by atoms with Gasteiger partial charge < -0.3 is 10.5 Å². The summed E-state index contributed by atoms with van der Waals surface area (Å²) < 4.78 is 5.34. The van der Waals surface area contributed by atoms with Gasteiger partial charge in [0.1, 0.15) is 5.75 Å². The molecule has 6 heteroatoms. The van der Waals surface area contributed by atoms with Crippen LogP contribution in [0.1, 0.15) is 21.5 Å². The largest absolute Gasteiger partial charge is 0.423 e. The molecule has 0 unspecified atom stereocenters. The normalized spacial score (nSPS) is 10.4. The summed E-state index contributed by atoms with van der Waals surface area (Å²) in [4.78, 5) is 12.0. The van der Waals surface area contributed by atoms with Gasteiger partial charge in [0.05, 0.1) is 11.8 Å². The first-order chi connectivity index (χ1) is 10.5. The van der Waals surface area contributed by atoms with Crippen LogP contribution < -0.4 is 15.9 Å². The molecule has 0 radical (unpaired) electrons. The lowest BCUT2D eigenvalue weighted by Crippen LogP contribution is -2.23. The Morgan fingerprint density at radius 2 is 2.00 bits per heavy atom. The van der Waals surface area contributed by atoms with Crippen LogP contribution in [0.5, 0.6) is 5.75 Å². The Kier molecular flexibility index (Phi) is 5.21. The van der Waals surface area contributed by atoms with Crippen LogP contribution in [-0.2, 0) is 0 Å². The van der Waals surface area contributed by atoms with Crippen LogP contribution in [0.4, 0.5) is 0 Å². The smallest absolute Gasteiger partial charge is 0.343 e. The van der Waals surface area contributed by atoms with E-state index in [0.717, 1.165) is 11.1 Å². The van der Waals surface area contributed by atoms with E-state index in [4.69, 9.17) is 10.5 Å². The minimum absolute atomic E-state index is 0.0817. The first-order valence-electron chi connectivity index (χ1n) is 6.52. The van der Waals surface area contributed by atoms with Crippen molar-refractivity contribution < 1.29 is 9.53 Å². The van der Waals surface area contributed by atoms with Gasteiger partial charge >= 0.3 is 5.97 Å². The Bertz CT molecular complexity index is 712. The summed E-state index contributed by atoms with van der Waals surface area (Å²) in [6, 6.07) is 14.2. The molecule has 2 aromatic carbocycles. The number of carbonyl (C=O) groups is 1. The zero-order valence-electron chi connectivity index (χ0n) is 11.9. The number of rotatable bonds is 4. The molecule has 0 fully saturated rings. The van der Waals surface area contributed by atoms with Gasteiger partial charge in [-0.15, -0.1) is 0 Å². The highest BCUT2D eigenvalue weighted by Crippen LogP contribution is 2.14. The highest BCUT2D eigenvalue weighted by molar-refractivity contribution is 7.80. The summed E-state index contributed by atoms with van der Waals surface area (Å²) in [6.07, 6.45) is 1.53. The lowest BCUT2D eigenvalue weighted by Gasteiger charge is -2.05. The van der Waals surface area contributed by atoms with E-state index in [-0.39, 0.29) is 5.11 Å². The molecule has 0 atom stereocenters. The maximum atomic E-state index is 12.0. The molecular formula is C16H15N3O2S. The Balaban J connectivity index is 2.06. The molecule has 5 nitrogen and oxygen atoms in total. The molecule has 2 rings (SSSR count). The highest BCUT2D eigenvalue weighted by Gasteiger charge is 2.08. The maximum Gasteiger partial charge on any atom is 0.343 e. The van der Waals surface area contributed by atoms with Crippen molar-refractivity contribution >= 4 is 29.5 Å². The highest BCUT2D eigenvalue weighted by atomic mass is 32.1. The molecule has 0 saturated carbocycles. The van der Waals surface area contributed by atoms with Crippen molar-refractivity contribution in [2.75, 3.05) is 0 Å². The zero-order valence-corrected chi connectivity index (χ0v) is 12.8. The molecule has 112 valence electrons. The van der Waals surface area contributed by atoms with Crippen LogP contribution in [0.15, 0.2) is 53.6 Å². The van der Waals surface area contributed by atoms with Crippen LogP contribution >= 0.6 is 12.2 Å². The predicted octanol–water partition coefficient (Wildman–Crippen LogP) is 2.38. The Morgan fingerprint density at radius 1 is 1.27 bits per heavy atom. The van der Waals surface area contributed by atoms with Gasteiger partial charge in [-0.1, -0.05) is 29.8 Å². The molecule has 0 aliphatic carbocycles. The molecule has 3 N–H and O–H groups in total. The second kappa shape index (κ2) is 7.33. The van der Waals surface area contributed by atoms with E-state index in [1.54, 1.807) is 30.3 Å². The molecular weight excluding hydrogens is 298 g/mol. The Labute approximate surface area is 133 Å². The van der Waals surface area contributed by atoms with Gasteiger partial charge in [0.2, 0.25) is 0 Å². The van der Waals surface area contributed by atoms with Gasteiger partial charge in [-0.05, 0) is 49.0 Å². The van der Waals surface area contributed by atoms with Gasteiger partial charge in [0, 0.05) is 0 Å². The number of esters is 1. The minimum atomic E-state index is -0.407. The molecule has 0 saturated heterocycles. The summed E-state index contributed by atoms with van der Waals surface area (Å²) >= 11 is 4.64. The third kappa shape index (κ3) is 4.68. The number of carbonyl (C=O) groups excluding carboxylic acids is 1. The van der Waals surface area contributed by atoms with E-state index in [0.29, 0.717) is 11.3 Å². The maximum absolute atomic E-state index is 12.0. The monoisotopic (exact) mass is 313 g/mol. The number of hydrogen-bond acceptors (Lipinski definition) is 4. The SMILES string of the molecule is Cc1ccc(C(=O)Oc2cccc(/C=N/NC(N)=S)c2)cc1. The average Bonchev–Trinajstić information content (AvgIpc) is 2.48. The summed E-state index contributed by atoms with van der Waals surface area (Å²) in [5.41, 5.74) is 10.1. The van der Waals surface area contributed by atoms with E-state index in [9.17, 15) is 4.79 Å². The van der Waals surface area contributed by atoms with Crippen LogP contribution in [0.3, 0.4) is 0 Å². The van der Waals surface area contributed by atoms with Crippen molar-refractivity contribution in [2.24, 2.45) is 10.8 Å². The van der Waals surface area contributed by atoms with Crippen molar-refractivity contribution in [3.63, 3.8) is 0 Å². The van der Waals surface area contributed by atoms with Gasteiger partial charge in [-0.2, -0.15) is 5.10 Å². The van der Waals surface area contributed by atoms with Crippen molar-refractivity contribution in [3.8, 4) is 5.75 Å². The molecule has 0 amide bonds. The Hall–Kier alpha value is -2.73. The van der Waals surface area contributed by atoms with Crippen LogP contribution in [0, 0.1) is 6.92 Å². The number of hydrogen-bond donors (Lipinski definition) is 2. The molecule has 0 spiro atoms. The number of ether oxygens (including phenoxy) is 1. The summed E-state index contributed by atoms with van der Waals surface area (Å²) in [6.45, 7) is 1.96. The van der Waals surface area contributed by atoms with E-state index in [1.165, 1.54) is 6.21 Å². The summed E-state index contributed by atoms with van der Waals surface area (Å²) in [5, 5.41) is 3.93. The molecule has 0 heterocycles. The van der Waals surface area contributed by atoms with E-state index >= 15 is 0 Å². The minimum Gasteiger partial charge on any atom is -0.423 e. The summed E-state index contributed by atoms with van der Waals surface area (Å²) in [5.74, 6) is 0.0280. The third-order valence-corrected chi connectivity index (χ3v) is 2.84. The fourth-order valence-corrected chi connectivity index (χ4v) is 1.74. The molecule has 0 aliphatic rings. The lowest BCUT2D eigenvalue weighted by atomic mass is 10.1. The summed E-state index contributed by atoms with van der Waals surface area (Å²) in [7, 11) is 0. The first kappa shape index (κ1) is 15.7. The van der Waals surface area contributed by atoms with Crippen LogP contribution in [0.25, 0.3) is 0 Å². The van der Waals surface area contributed by atoms with Gasteiger partial charge in [-0.3, -0.25) is 5.43 Å². The molecule has 0 aromatic heterocycles. The topological polar surface area (TPSA) is 76.7 Å². The van der Waals surface area contributed by atoms with Crippen molar-refractivity contribution in [1.29, 1.82) is 0 Å². The fraction of sp³-hybridized carbons (Fsp3) is 0.0625. The van der Waals surface area contributed by atoms with Crippen molar-refractivity contribution in [1.82, 2.24) is 5.43 Å². The lowest BCUT2D eigenvalue weighted by molar-refractivity contribution is 0.0735. The molecule has 0 bridgehead atoms. The van der Waals surface area contributed by atoms with Crippen molar-refractivity contribution in [3.05, 3.63) is 65.2 Å². The second-order valence-electron chi connectivity index (χ2n) is 4.56. The number of benzene rings is 2. The van der Waals surface area contributed by atoms with Crippen molar-refractivity contribution in [2.45, 2.75) is 6.92 Å². The van der Waals surface area contributed by atoms with E-state index in [1.807, 2.05) is 25.1 Å². The number of aryl methyl sites for hydroxylation is 1. The molecule has 2 aromatic rings. The van der Waals surface area contributed by atoms with Gasteiger partial charge in [0.15, 0.2) is 5.11 Å². The predicted molar refractivity (Wildman–Crippen MR) is 90.1 cm³/mol. The second-order valence-corrected chi connectivity index (χ2v) is 5.00. The Morgan fingerprint density at radius 3 is 2.68 bits per heavy atom.